The normalized spacial score (nSPS) is 28.9. The Kier molecular flexibility index (Phi) is 7.00. The van der Waals surface area contributed by atoms with Gasteiger partial charge in [0.25, 0.3) is 0 Å². The van der Waals surface area contributed by atoms with Crippen molar-refractivity contribution >= 4 is 12.0 Å². The number of benzene rings is 2. The molecule has 0 saturated carbocycles. The molecular formula is C24H26O8. The van der Waals surface area contributed by atoms with E-state index in [4.69, 9.17) is 9.47 Å². The van der Waals surface area contributed by atoms with E-state index in [1.54, 1.807) is 42.5 Å². The van der Waals surface area contributed by atoms with Crippen LogP contribution in [-0.4, -0.2) is 61.7 Å². The van der Waals surface area contributed by atoms with Crippen LogP contribution in [0.1, 0.15) is 24.0 Å². The van der Waals surface area contributed by atoms with Crippen molar-refractivity contribution in [1.29, 1.82) is 0 Å². The molecule has 0 radical (unpaired) electrons. The van der Waals surface area contributed by atoms with Gasteiger partial charge < -0.3 is 35.0 Å². The van der Waals surface area contributed by atoms with Gasteiger partial charge in [0.05, 0.1) is 0 Å². The fourth-order valence-electron chi connectivity index (χ4n) is 3.46. The first-order valence-corrected chi connectivity index (χ1v) is 9.97. The molecule has 170 valence electrons. The molecule has 1 aliphatic rings. The van der Waals surface area contributed by atoms with Crippen LogP contribution in [0.5, 0.6) is 11.5 Å². The monoisotopic (exact) mass is 442 g/mol. The summed E-state index contributed by atoms with van der Waals surface area (Å²) < 4.78 is 10.7. The van der Waals surface area contributed by atoms with Crippen molar-refractivity contribution in [2.24, 2.45) is 0 Å². The van der Waals surface area contributed by atoms with Gasteiger partial charge in [0, 0.05) is 5.92 Å². The van der Waals surface area contributed by atoms with Gasteiger partial charge in [-0.3, -0.25) is 0 Å². The van der Waals surface area contributed by atoms with Crippen molar-refractivity contribution in [3.63, 3.8) is 0 Å². The molecule has 8 nitrogen and oxygen atoms in total. The zero-order valence-electron chi connectivity index (χ0n) is 17.4. The minimum atomic E-state index is -2.07. The van der Waals surface area contributed by atoms with Crippen LogP contribution in [0.4, 0.5) is 0 Å². The summed E-state index contributed by atoms with van der Waals surface area (Å²) in [5.74, 6) is -1.07. The number of hydrogen-bond acceptors (Lipinski definition) is 7. The number of carbonyl (C=O) groups is 1. The molecular weight excluding hydrogens is 416 g/mol. The minimum Gasteiger partial charge on any atom is -0.508 e. The highest BCUT2D eigenvalue weighted by atomic mass is 16.7. The van der Waals surface area contributed by atoms with Gasteiger partial charge in [-0.2, -0.15) is 0 Å². The molecule has 3 rings (SSSR count). The van der Waals surface area contributed by atoms with Crippen molar-refractivity contribution in [1.82, 2.24) is 0 Å². The van der Waals surface area contributed by atoms with Crippen LogP contribution in [0.2, 0.25) is 0 Å². The number of aliphatic hydroxyl groups is 3. The summed E-state index contributed by atoms with van der Waals surface area (Å²) in [6.45, 7) is 5.00. The van der Waals surface area contributed by atoms with E-state index in [9.17, 15) is 30.3 Å². The Hall–Kier alpha value is -3.17. The van der Waals surface area contributed by atoms with Crippen molar-refractivity contribution in [3.8, 4) is 11.5 Å². The van der Waals surface area contributed by atoms with E-state index in [1.165, 1.54) is 0 Å². The topological polar surface area (TPSA) is 137 Å². The maximum absolute atomic E-state index is 11.7. The lowest BCUT2D eigenvalue weighted by Crippen LogP contribution is -2.68. The fourth-order valence-corrected chi connectivity index (χ4v) is 3.46. The summed E-state index contributed by atoms with van der Waals surface area (Å²) in [5, 5.41) is 48.8. The van der Waals surface area contributed by atoms with Gasteiger partial charge in [0.1, 0.15) is 23.7 Å². The molecule has 6 unspecified atom stereocenters. The van der Waals surface area contributed by atoms with Gasteiger partial charge in [-0.1, -0.05) is 42.5 Å². The number of carboxylic acid groups (broad SMARTS) is 1. The fraction of sp³-hybridized carbons (Fsp3) is 0.292. The molecule has 0 aliphatic carbocycles. The number of allylic oxidation sites excluding steroid dienone is 2. The number of hydrogen-bond donors (Lipinski definition) is 5. The molecule has 1 aliphatic heterocycles. The highest BCUT2D eigenvalue weighted by molar-refractivity contribution is 5.78. The maximum Gasteiger partial charge on any atom is 0.339 e. The minimum absolute atomic E-state index is 0.0646. The molecule has 8 heteroatoms. The molecule has 1 heterocycles. The van der Waals surface area contributed by atoms with Crippen molar-refractivity contribution in [2.45, 2.75) is 43.0 Å². The van der Waals surface area contributed by atoms with Gasteiger partial charge >= 0.3 is 5.97 Å². The van der Waals surface area contributed by atoms with Crippen LogP contribution in [0, 0.1) is 0 Å². The van der Waals surface area contributed by atoms with E-state index in [0.29, 0.717) is 0 Å². The quantitative estimate of drug-likeness (QED) is 0.411. The van der Waals surface area contributed by atoms with Crippen molar-refractivity contribution < 1.29 is 39.8 Å². The Bertz CT molecular complexity index is 968. The number of carboxylic acids is 1. The first-order chi connectivity index (χ1) is 15.2. The Morgan fingerprint density at radius 2 is 1.72 bits per heavy atom. The molecule has 1 fully saturated rings. The highest BCUT2D eigenvalue weighted by Crippen LogP contribution is 2.33. The van der Waals surface area contributed by atoms with Crippen molar-refractivity contribution in [2.75, 3.05) is 0 Å². The molecule has 0 aromatic heterocycles. The van der Waals surface area contributed by atoms with E-state index >= 15 is 0 Å². The highest BCUT2D eigenvalue weighted by Gasteiger charge is 2.57. The van der Waals surface area contributed by atoms with Crippen LogP contribution in [0.25, 0.3) is 6.08 Å². The molecule has 0 amide bonds. The van der Waals surface area contributed by atoms with E-state index in [2.05, 4.69) is 6.58 Å². The van der Waals surface area contributed by atoms with E-state index < -0.39 is 36.2 Å². The average Bonchev–Trinajstić information content (AvgIpc) is 2.77. The lowest BCUT2D eigenvalue weighted by molar-refractivity contribution is -0.305. The van der Waals surface area contributed by atoms with E-state index in [-0.39, 0.29) is 17.4 Å². The second-order valence-electron chi connectivity index (χ2n) is 7.72. The summed E-state index contributed by atoms with van der Waals surface area (Å²) in [6, 6.07) is 13.5. The lowest BCUT2D eigenvalue weighted by Gasteiger charge is -2.44. The average molecular weight is 442 g/mol. The van der Waals surface area contributed by atoms with Crippen LogP contribution in [0.15, 0.2) is 67.3 Å². The number of aromatic hydroxyl groups is 1. The summed E-state index contributed by atoms with van der Waals surface area (Å²) in [7, 11) is 0. The number of aliphatic carboxylic acids is 1. The van der Waals surface area contributed by atoms with E-state index in [0.717, 1.165) is 18.1 Å². The second-order valence-corrected chi connectivity index (χ2v) is 7.72. The van der Waals surface area contributed by atoms with Crippen LogP contribution < -0.4 is 4.74 Å². The largest absolute Gasteiger partial charge is 0.508 e. The van der Waals surface area contributed by atoms with Crippen molar-refractivity contribution in [3.05, 3.63) is 78.4 Å². The standard InChI is InChI=1S/C24H26O8/c1-3-15(16-8-10-17(25)11-9-16)7-4-14-5-12-18(13-6-14)31-21-19(26)20(27)22(28)32-24(21,2)23(29)30/h3-13,15,19-22,25-28H,1H2,2H3,(H,29,30)/b7-4-. The summed E-state index contributed by atoms with van der Waals surface area (Å²) >= 11 is 0. The zero-order valence-corrected chi connectivity index (χ0v) is 17.4. The third kappa shape index (κ3) is 4.84. The Labute approximate surface area is 185 Å². The first kappa shape index (κ1) is 23.5. The molecule has 32 heavy (non-hydrogen) atoms. The Morgan fingerprint density at radius 1 is 1.09 bits per heavy atom. The zero-order chi connectivity index (χ0) is 23.5. The van der Waals surface area contributed by atoms with Gasteiger partial charge in [-0.25, -0.2) is 4.79 Å². The SMILES string of the molecule is C=CC(/C=C\c1ccc(OC2C(O)C(O)C(O)OC2(C)C(=O)O)cc1)c1ccc(O)cc1. The smallest absolute Gasteiger partial charge is 0.339 e. The maximum atomic E-state index is 11.7. The first-order valence-electron chi connectivity index (χ1n) is 9.97. The van der Waals surface area contributed by atoms with Crippen LogP contribution in [0.3, 0.4) is 0 Å². The van der Waals surface area contributed by atoms with Gasteiger partial charge in [-0.05, 0) is 42.3 Å². The molecule has 2 aromatic rings. The molecule has 5 N–H and O–H groups in total. The van der Waals surface area contributed by atoms with Crippen LogP contribution in [-0.2, 0) is 9.53 Å². The summed E-state index contributed by atoms with van der Waals surface area (Å²) in [4.78, 5) is 11.7. The number of ether oxygens (including phenoxy) is 2. The predicted octanol–water partition coefficient (Wildman–Crippen LogP) is 2.04. The molecule has 6 atom stereocenters. The third-order valence-electron chi connectivity index (χ3n) is 5.46. The predicted molar refractivity (Wildman–Crippen MR) is 116 cm³/mol. The van der Waals surface area contributed by atoms with Crippen LogP contribution >= 0.6 is 0 Å². The number of aliphatic hydroxyl groups excluding tert-OH is 3. The van der Waals surface area contributed by atoms with E-state index in [1.807, 2.05) is 24.3 Å². The molecule has 0 bridgehead atoms. The molecule has 2 aromatic carbocycles. The van der Waals surface area contributed by atoms with Gasteiger partial charge in [-0.15, -0.1) is 6.58 Å². The Balaban J connectivity index is 1.74. The lowest BCUT2D eigenvalue weighted by atomic mass is 9.88. The molecule has 0 spiro atoms. The summed E-state index contributed by atoms with van der Waals surface area (Å²) in [5.41, 5.74) is -0.272. The number of phenolic OH excluding ortho intramolecular Hbond substituents is 1. The van der Waals surface area contributed by atoms with Gasteiger partial charge in [0.15, 0.2) is 12.4 Å². The molecule has 1 saturated heterocycles. The summed E-state index contributed by atoms with van der Waals surface area (Å²) in [6.07, 6.45) is -1.12. The second kappa shape index (κ2) is 9.54. The number of phenols is 1. The number of rotatable bonds is 7. The third-order valence-corrected chi connectivity index (χ3v) is 5.46. The Morgan fingerprint density at radius 3 is 2.28 bits per heavy atom. The van der Waals surface area contributed by atoms with Gasteiger partial charge in [0.2, 0.25) is 5.60 Å².